The zero-order valence-corrected chi connectivity index (χ0v) is 13.4. The van der Waals surface area contributed by atoms with E-state index >= 15 is 0 Å². The number of benzene rings is 1. The van der Waals surface area contributed by atoms with E-state index in [4.69, 9.17) is 4.74 Å². The van der Waals surface area contributed by atoms with Crippen LogP contribution in [0.15, 0.2) is 33.5 Å². The summed E-state index contributed by atoms with van der Waals surface area (Å²) in [6, 6.07) is 7.32. The maximum Gasteiger partial charge on any atom is 0.251 e. The molecule has 1 heterocycles. The molecule has 3 rings (SSSR count). The van der Waals surface area contributed by atoms with E-state index in [1.165, 1.54) is 12.8 Å². The summed E-state index contributed by atoms with van der Waals surface area (Å²) in [5, 5.41) is 0. The molecule has 4 nitrogen and oxygen atoms in total. The van der Waals surface area contributed by atoms with Crippen LogP contribution in [0.1, 0.15) is 37.3 Å². The molecule has 0 amide bonds. The molecule has 2 aromatic rings. The number of hydrogen-bond acceptors (Lipinski definition) is 3. The highest BCUT2D eigenvalue weighted by atomic mass is 79.9. The Labute approximate surface area is 131 Å². The van der Waals surface area contributed by atoms with Gasteiger partial charge in [-0.05, 0) is 47.0 Å². The molecule has 5 heteroatoms. The first-order valence-corrected chi connectivity index (χ1v) is 7.92. The maximum atomic E-state index is 11.9. The molecule has 21 heavy (non-hydrogen) atoms. The Bertz CT molecular complexity index is 706. The van der Waals surface area contributed by atoms with Crippen LogP contribution >= 0.6 is 15.9 Å². The molecule has 1 aromatic carbocycles. The van der Waals surface area contributed by atoms with Crippen molar-refractivity contribution in [1.29, 1.82) is 0 Å². The fraction of sp³-hybridized carbons (Fsp3) is 0.375. The summed E-state index contributed by atoms with van der Waals surface area (Å²) in [6.07, 6.45) is 4.70. The van der Waals surface area contributed by atoms with Gasteiger partial charge in [0.15, 0.2) is 0 Å². The average Bonchev–Trinajstić information content (AvgIpc) is 3.01. The Hall–Kier alpha value is -1.62. The summed E-state index contributed by atoms with van der Waals surface area (Å²) in [7, 11) is 1.63. The van der Waals surface area contributed by atoms with Gasteiger partial charge in [0.25, 0.3) is 5.56 Å². The van der Waals surface area contributed by atoms with Gasteiger partial charge in [0.1, 0.15) is 11.6 Å². The maximum absolute atomic E-state index is 11.9. The molecule has 1 aromatic heterocycles. The number of hydrogen-bond donors (Lipinski definition) is 1. The lowest BCUT2D eigenvalue weighted by Crippen LogP contribution is -2.12. The predicted molar refractivity (Wildman–Crippen MR) is 85.8 cm³/mol. The zero-order chi connectivity index (χ0) is 14.8. The van der Waals surface area contributed by atoms with Crippen molar-refractivity contribution in [3.8, 4) is 17.1 Å². The van der Waals surface area contributed by atoms with Gasteiger partial charge >= 0.3 is 0 Å². The second kappa shape index (κ2) is 6.02. The van der Waals surface area contributed by atoms with Crippen LogP contribution < -0.4 is 10.3 Å². The molecule has 0 radical (unpaired) electrons. The van der Waals surface area contributed by atoms with Crippen LogP contribution in [-0.2, 0) is 0 Å². The topological polar surface area (TPSA) is 55.0 Å². The monoisotopic (exact) mass is 348 g/mol. The quantitative estimate of drug-likeness (QED) is 0.915. The van der Waals surface area contributed by atoms with Gasteiger partial charge in [0, 0.05) is 17.5 Å². The Balaban J connectivity index is 2.01. The van der Waals surface area contributed by atoms with E-state index in [2.05, 4.69) is 25.9 Å². The van der Waals surface area contributed by atoms with Gasteiger partial charge in [0.05, 0.1) is 17.3 Å². The fourth-order valence-corrected chi connectivity index (χ4v) is 3.40. The van der Waals surface area contributed by atoms with Crippen LogP contribution in [0.3, 0.4) is 0 Å². The van der Waals surface area contributed by atoms with Gasteiger partial charge in [-0.25, -0.2) is 4.98 Å². The minimum atomic E-state index is -0.0890. The molecule has 0 unspecified atom stereocenters. The first-order valence-electron chi connectivity index (χ1n) is 7.12. The minimum absolute atomic E-state index is 0.0890. The Kier molecular flexibility index (Phi) is 4.10. The molecule has 1 saturated carbocycles. The predicted octanol–water partition coefficient (Wildman–Crippen LogP) is 3.87. The van der Waals surface area contributed by atoms with E-state index in [0.717, 1.165) is 34.3 Å². The van der Waals surface area contributed by atoms with Crippen LogP contribution in [0.2, 0.25) is 0 Å². The lowest BCUT2D eigenvalue weighted by molar-refractivity contribution is 0.412. The molecule has 1 aliphatic carbocycles. The molecular weight excluding hydrogens is 332 g/mol. The Morgan fingerprint density at radius 1 is 1.29 bits per heavy atom. The van der Waals surface area contributed by atoms with Crippen LogP contribution in [0.4, 0.5) is 0 Å². The van der Waals surface area contributed by atoms with Crippen LogP contribution in [0.25, 0.3) is 11.4 Å². The van der Waals surface area contributed by atoms with E-state index in [0.29, 0.717) is 11.7 Å². The molecule has 110 valence electrons. The number of H-pyrrole nitrogens is 1. The Morgan fingerprint density at radius 3 is 2.71 bits per heavy atom. The van der Waals surface area contributed by atoms with Gasteiger partial charge in [-0.2, -0.15) is 0 Å². The number of nitrogens with zero attached hydrogens (tertiary/aromatic N) is 1. The van der Waals surface area contributed by atoms with Crippen molar-refractivity contribution < 1.29 is 4.74 Å². The average molecular weight is 349 g/mol. The number of methoxy groups -OCH3 is 1. The van der Waals surface area contributed by atoms with Gasteiger partial charge in [-0.15, -0.1) is 0 Å². The second-order valence-corrected chi connectivity index (χ2v) is 6.20. The summed E-state index contributed by atoms with van der Waals surface area (Å²) in [6.45, 7) is 0. The van der Waals surface area contributed by atoms with Crippen LogP contribution in [-0.4, -0.2) is 17.1 Å². The summed E-state index contributed by atoms with van der Waals surface area (Å²) in [5.41, 5.74) is 1.70. The lowest BCUT2D eigenvalue weighted by Gasteiger charge is -2.10. The first-order chi connectivity index (χ1) is 10.2. The molecule has 0 saturated heterocycles. The third-order valence-electron chi connectivity index (χ3n) is 3.96. The standard InChI is InChI=1S/C16H17BrN2O2/c1-21-14-7-6-11(8-12(14)17)16-18-13(9-15(20)19-16)10-4-2-3-5-10/h6-10H,2-5H2,1H3,(H,18,19,20). The van der Waals surface area contributed by atoms with E-state index in [1.807, 2.05) is 18.2 Å². The van der Waals surface area contributed by atoms with Gasteiger partial charge < -0.3 is 9.72 Å². The lowest BCUT2D eigenvalue weighted by atomic mass is 10.0. The summed E-state index contributed by atoms with van der Waals surface area (Å²) in [4.78, 5) is 19.4. The van der Waals surface area contributed by atoms with Crippen molar-refractivity contribution in [2.45, 2.75) is 31.6 Å². The van der Waals surface area contributed by atoms with E-state index in [1.54, 1.807) is 13.2 Å². The molecule has 0 aliphatic heterocycles. The summed E-state index contributed by atoms with van der Waals surface area (Å²) < 4.78 is 6.07. The van der Waals surface area contributed by atoms with Gasteiger partial charge in [0.2, 0.25) is 0 Å². The van der Waals surface area contributed by atoms with Gasteiger partial charge in [-0.3, -0.25) is 4.79 Å². The number of ether oxygens (including phenoxy) is 1. The first kappa shape index (κ1) is 14.3. The largest absolute Gasteiger partial charge is 0.496 e. The minimum Gasteiger partial charge on any atom is -0.496 e. The third kappa shape index (κ3) is 3.02. The second-order valence-electron chi connectivity index (χ2n) is 5.35. The molecule has 0 bridgehead atoms. The van der Waals surface area contributed by atoms with Crippen molar-refractivity contribution >= 4 is 15.9 Å². The molecule has 1 aliphatic rings. The summed E-state index contributed by atoms with van der Waals surface area (Å²) >= 11 is 3.46. The SMILES string of the molecule is COc1ccc(-c2nc(C3CCCC3)cc(=O)[nH]2)cc1Br. The number of halogens is 1. The van der Waals surface area contributed by atoms with Crippen molar-refractivity contribution in [1.82, 2.24) is 9.97 Å². The number of rotatable bonds is 3. The summed E-state index contributed by atoms with van der Waals surface area (Å²) in [5.74, 6) is 1.80. The molecular formula is C16H17BrN2O2. The van der Waals surface area contributed by atoms with Crippen molar-refractivity contribution in [2.75, 3.05) is 7.11 Å². The highest BCUT2D eigenvalue weighted by Gasteiger charge is 2.19. The van der Waals surface area contributed by atoms with E-state index < -0.39 is 0 Å². The number of aromatic nitrogens is 2. The normalized spacial score (nSPS) is 15.3. The van der Waals surface area contributed by atoms with Crippen molar-refractivity contribution in [3.05, 3.63) is 44.8 Å². The van der Waals surface area contributed by atoms with Crippen molar-refractivity contribution in [3.63, 3.8) is 0 Å². The molecule has 0 atom stereocenters. The van der Waals surface area contributed by atoms with Gasteiger partial charge in [-0.1, -0.05) is 12.8 Å². The van der Waals surface area contributed by atoms with E-state index in [9.17, 15) is 4.79 Å². The fourth-order valence-electron chi connectivity index (χ4n) is 2.86. The number of aromatic amines is 1. The zero-order valence-electron chi connectivity index (χ0n) is 11.9. The Morgan fingerprint density at radius 2 is 2.05 bits per heavy atom. The molecule has 0 spiro atoms. The van der Waals surface area contributed by atoms with Crippen LogP contribution in [0, 0.1) is 0 Å². The molecule has 1 fully saturated rings. The smallest absolute Gasteiger partial charge is 0.251 e. The van der Waals surface area contributed by atoms with Crippen LogP contribution in [0.5, 0.6) is 5.75 Å². The third-order valence-corrected chi connectivity index (χ3v) is 4.58. The van der Waals surface area contributed by atoms with Crippen molar-refractivity contribution in [2.24, 2.45) is 0 Å². The molecule has 1 N–H and O–H groups in total. The number of nitrogens with one attached hydrogen (secondary N) is 1. The highest BCUT2D eigenvalue weighted by Crippen LogP contribution is 2.33. The highest BCUT2D eigenvalue weighted by molar-refractivity contribution is 9.10. The van der Waals surface area contributed by atoms with E-state index in [-0.39, 0.29) is 5.56 Å².